The van der Waals surface area contributed by atoms with Gasteiger partial charge in [0.25, 0.3) is 0 Å². The summed E-state index contributed by atoms with van der Waals surface area (Å²) >= 11 is 0. The Kier molecular flexibility index (Phi) is 5.27. The van der Waals surface area contributed by atoms with Gasteiger partial charge in [-0.25, -0.2) is 0 Å². The molecule has 0 spiro atoms. The third kappa shape index (κ3) is 4.54. The normalized spacial score (nSPS) is 13.1. The predicted molar refractivity (Wildman–Crippen MR) is 43.7 cm³/mol. The third-order valence-corrected chi connectivity index (χ3v) is 1.79. The maximum Gasteiger partial charge on any atom is 0.136 e. The summed E-state index contributed by atoms with van der Waals surface area (Å²) in [6.07, 6.45) is 4.63. The van der Waals surface area contributed by atoms with Gasteiger partial charge in [0.2, 0.25) is 0 Å². The molecule has 0 N–H and O–H groups in total. The zero-order chi connectivity index (χ0) is 7.98. The molecule has 0 aliphatic rings. The summed E-state index contributed by atoms with van der Waals surface area (Å²) in [5, 5.41) is 0. The highest BCUT2D eigenvalue weighted by Crippen LogP contribution is 2.09. The van der Waals surface area contributed by atoms with Crippen molar-refractivity contribution in [2.45, 2.75) is 39.5 Å². The third-order valence-electron chi connectivity index (χ3n) is 1.79. The van der Waals surface area contributed by atoms with Crippen molar-refractivity contribution in [1.82, 2.24) is 0 Å². The van der Waals surface area contributed by atoms with E-state index in [-0.39, 0.29) is 11.7 Å². The lowest BCUT2D eigenvalue weighted by Gasteiger charge is -2.04. The Bertz CT molecular complexity index is 96.9. The van der Waals surface area contributed by atoms with Gasteiger partial charge in [0.05, 0.1) is 0 Å². The fourth-order valence-corrected chi connectivity index (χ4v) is 0.862. The number of rotatable bonds is 5. The van der Waals surface area contributed by atoms with Crippen LogP contribution in [0.1, 0.15) is 39.5 Å². The van der Waals surface area contributed by atoms with E-state index < -0.39 is 0 Å². The van der Waals surface area contributed by atoms with Crippen molar-refractivity contribution < 1.29 is 4.79 Å². The molecule has 1 radical (unpaired) electrons. The van der Waals surface area contributed by atoms with Crippen LogP contribution in [-0.4, -0.2) is 5.78 Å². The van der Waals surface area contributed by atoms with Crippen molar-refractivity contribution in [2.24, 2.45) is 5.92 Å². The summed E-state index contributed by atoms with van der Waals surface area (Å²) in [7, 11) is 0. The lowest BCUT2D eigenvalue weighted by molar-refractivity contribution is -0.118. The number of carbonyl (C=O) groups is 1. The van der Waals surface area contributed by atoms with Gasteiger partial charge in [-0.15, -0.1) is 0 Å². The number of carbonyl (C=O) groups excluding carboxylic acids is 1. The van der Waals surface area contributed by atoms with Crippen LogP contribution in [0, 0.1) is 12.8 Å². The molecule has 0 aliphatic carbocycles. The van der Waals surface area contributed by atoms with Gasteiger partial charge < -0.3 is 0 Å². The van der Waals surface area contributed by atoms with E-state index in [9.17, 15) is 4.79 Å². The lowest BCUT2D eigenvalue weighted by atomic mass is 10.0. The first-order chi connectivity index (χ1) is 4.68. The van der Waals surface area contributed by atoms with Crippen molar-refractivity contribution in [3.8, 4) is 0 Å². The van der Waals surface area contributed by atoms with E-state index in [4.69, 9.17) is 0 Å². The van der Waals surface area contributed by atoms with E-state index in [2.05, 4.69) is 13.8 Å². The van der Waals surface area contributed by atoms with Gasteiger partial charge in [-0.3, -0.25) is 4.79 Å². The maximum absolute atomic E-state index is 10.6. The van der Waals surface area contributed by atoms with Crippen LogP contribution in [0.25, 0.3) is 0 Å². The largest absolute Gasteiger partial charge is 0.299 e. The molecule has 0 heterocycles. The van der Waals surface area contributed by atoms with Gasteiger partial charge in [-0.05, 0) is 6.42 Å². The van der Waals surface area contributed by atoms with Gasteiger partial charge in [0, 0.05) is 12.8 Å². The zero-order valence-electron chi connectivity index (χ0n) is 7.02. The predicted octanol–water partition coefficient (Wildman–Crippen LogP) is 2.61. The molecular formula is C9H17O. The smallest absolute Gasteiger partial charge is 0.136 e. The molecule has 0 aromatic heterocycles. The van der Waals surface area contributed by atoms with Crippen molar-refractivity contribution in [3.05, 3.63) is 6.92 Å². The molecule has 1 nitrogen and oxygen atoms in total. The van der Waals surface area contributed by atoms with E-state index in [1.165, 1.54) is 19.3 Å². The molecule has 0 fully saturated rings. The zero-order valence-corrected chi connectivity index (χ0v) is 7.02. The van der Waals surface area contributed by atoms with Gasteiger partial charge in [-0.2, -0.15) is 0 Å². The second kappa shape index (κ2) is 5.45. The summed E-state index contributed by atoms with van der Waals surface area (Å²) in [6, 6.07) is 0. The first kappa shape index (κ1) is 9.67. The standard InChI is InChI=1S/C9H17O/c1-4-5-6-7-8(2)9(3)10/h8H,3-7H2,1-2H3. The summed E-state index contributed by atoms with van der Waals surface area (Å²) in [4.78, 5) is 10.6. The van der Waals surface area contributed by atoms with Gasteiger partial charge >= 0.3 is 0 Å². The Hall–Kier alpha value is -0.330. The van der Waals surface area contributed by atoms with Gasteiger partial charge in [-0.1, -0.05) is 33.1 Å². The van der Waals surface area contributed by atoms with Crippen molar-refractivity contribution >= 4 is 5.78 Å². The molecule has 1 unspecified atom stereocenters. The Balaban J connectivity index is 3.21. The molecule has 0 amide bonds. The summed E-state index contributed by atoms with van der Waals surface area (Å²) in [5.74, 6) is 0.252. The fraction of sp³-hybridized carbons (Fsp3) is 0.778. The number of hydrogen-bond donors (Lipinski definition) is 0. The number of Topliss-reactive ketones (excluding diaryl/α,β-unsaturated/α-hetero) is 1. The van der Waals surface area contributed by atoms with Crippen LogP contribution in [0.4, 0.5) is 0 Å². The molecule has 0 aromatic rings. The summed E-state index contributed by atoms with van der Waals surface area (Å²) < 4.78 is 0. The topological polar surface area (TPSA) is 17.1 Å². The van der Waals surface area contributed by atoms with Crippen LogP contribution in [0.5, 0.6) is 0 Å². The summed E-state index contributed by atoms with van der Waals surface area (Å²) in [5.41, 5.74) is 0. The van der Waals surface area contributed by atoms with Crippen LogP contribution in [0.3, 0.4) is 0 Å². The molecule has 0 bridgehead atoms. The molecule has 1 atom stereocenters. The Morgan fingerprint density at radius 2 is 2.10 bits per heavy atom. The number of hydrogen-bond acceptors (Lipinski definition) is 1. The van der Waals surface area contributed by atoms with Crippen LogP contribution in [-0.2, 0) is 4.79 Å². The first-order valence-electron chi connectivity index (χ1n) is 4.04. The molecule has 59 valence electrons. The highest BCUT2D eigenvalue weighted by atomic mass is 16.1. The second-order valence-electron chi connectivity index (χ2n) is 2.86. The van der Waals surface area contributed by atoms with E-state index in [0.29, 0.717) is 0 Å². The molecule has 0 aromatic carbocycles. The molecule has 0 rings (SSSR count). The second-order valence-corrected chi connectivity index (χ2v) is 2.86. The fourth-order valence-electron chi connectivity index (χ4n) is 0.862. The Labute approximate surface area is 63.8 Å². The van der Waals surface area contributed by atoms with E-state index in [1.807, 2.05) is 6.92 Å². The van der Waals surface area contributed by atoms with Gasteiger partial charge in [0.15, 0.2) is 0 Å². The minimum atomic E-state index is 0.0797. The molecule has 0 aliphatic heterocycles. The average molecular weight is 141 g/mol. The SMILES string of the molecule is [CH2]C(=O)C(C)CCCCC. The molecule has 0 saturated heterocycles. The minimum Gasteiger partial charge on any atom is -0.299 e. The maximum atomic E-state index is 10.6. The van der Waals surface area contributed by atoms with Crippen LogP contribution < -0.4 is 0 Å². The van der Waals surface area contributed by atoms with Gasteiger partial charge in [0.1, 0.15) is 5.78 Å². The molecular weight excluding hydrogens is 124 g/mol. The molecule has 0 saturated carbocycles. The highest BCUT2D eigenvalue weighted by molar-refractivity contribution is 5.84. The van der Waals surface area contributed by atoms with Crippen LogP contribution in [0.15, 0.2) is 0 Å². The lowest BCUT2D eigenvalue weighted by Crippen LogP contribution is -2.05. The minimum absolute atomic E-state index is 0.0797. The number of unbranched alkanes of at least 4 members (excludes halogenated alkanes) is 2. The van der Waals surface area contributed by atoms with Crippen LogP contribution in [0.2, 0.25) is 0 Å². The average Bonchev–Trinajstić information content (AvgIpc) is 1.88. The van der Waals surface area contributed by atoms with Crippen molar-refractivity contribution in [1.29, 1.82) is 0 Å². The van der Waals surface area contributed by atoms with Crippen molar-refractivity contribution in [3.63, 3.8) is 0 Å². The van der Waals surface area contributed by atoms with E-state index in [1.54, 1.807) is 0 Å². The monoisotopic (exact) mass is 141 g/mol. The van der Waals surface area contributed by atoms with E-state index >= 15 is 0 Å². The highest BCUT2D eigenvalue weighted by Gasteiger charge is 2.05. The Morgan fingerprint density at radius 1 is 1.50 bits per heavy atom. The number of ketones is 1. The summed E-state index contributed by atoms with van der Waals surface area (Å²) in [6.45, 7) is 7.49. The van der Waals surface area contributed by atoms with Crippen molar-refractivity contribution in [2.75, 3.05) is 0 Å². The first-order valence-corrected chi connectivity index (χ1v) is 4.04. The van der Waals surface area contributed by atoms with E-state index in [0.717, 1.165) is 6.42 Å². The van der Waals surface area contributed by atoms with Crippen LogP contribution >= 0.6 is 0 Å². The Morgan fingerprint density at radius 3 is 2.50 bits per heavy atom. The molecule has 10 heavy (non-hydrogen) atoms. The quantitative estimate of drug-likeness (QED) is 0.538. The molecule has 1 heteroatoms.